The minimum absolute atomic E-state index is 0.0696. The summed E-state index contributed by atoms with van der Waals surface area (Å²) in [6.45, 7) is 3.40. The number of anilines is 1. The van der Waals surface area contributed by atoms with Crippen LogP contribution >= 0.6 is 34.8 Å². The average molecular weight is 492 g/mol. The van der Waals surface area contributed by atoms with Crippen LogP contribution in [-0.4, -0.2) is 32.7 Å². The summed E-state index contributed by atoms with van der Waals surface area (Å²) < 4.78 is 31.7. The zero-order chi connectivity index (χ0) is 22.3. The van der Waals surface area contributed by atoms with E-state index in [1.807, 2.05) is 38.1 Å². The molecule has 6 nitrogen and oxygen atoms in total. The van der Waals surface area contributed by atoms with Crippen LogP contribution in [0.25, 0.3) is 0 Å². The number of carbonyl (C=O) groups is 1. The summed E-state index contributed by atoms with van der Waals surface area (Å²) in [6, 6.07) is 9.77. The molecule has 162 valence electrons. The molecule has 0 radical (unpaired) electrons. The van der Waals surface area contributed by atoms with Gasteiger partial charge in [0.2, 0.25) is 15.9 Å². The van der Waals surface area contributed by atoms with Gasteiger partial charge in [0.05, 0.1) is 33.1 Å². The Morgan fingerprint density at radius 3 is 2.47 bits per heavy atom. The quantitative estimate of drug-likeness (QED) is 0.608. The van der Waals surface area contributed by atoms with Crippen molar-refractivity contribution in [2.45, 2.75) is 31.9 Å². The maximum absolute atomic E-state index is 12.9. The number of ether oxygens (including phenoxy) is 1. The van der Waals surface area contributed by atoms with Crippen molar-refractivity contribution in [1.29, 1.82) is 0 Å². The molecule has 0 bridgehead atoms. The molecule has 1 aliphatic heterocycles. The van der Waals surface area contributed by atoms with E-state index in [0.29, 0.717) is 12.2 Å². The minimum Gasteiger partial charge on any atom is -0.487 e. The van der Waals surface area contributed by atoms with Gasteiger partial charge in [-0.3, -0.25) is 9.10 Å². The van der Waals surface area contributed by atoms with E-state index in [-0.39, 0.29) is 26.8 Å². The van der Waals surface area contributed by atoms with E-state index in [1.165, 1.54) is 12.1 Å². The SMILES string of the molecule is CC1(C)CC(NC(=O)CN(c2cc(Cl)c(Cl)cc2Cl)S(C)(=O)=O)c2ccccc2O1. The molecule has 0 aromatic heterocycles. The van der Waals surface area contributed by atoms with Crippen LogP contribution in [0.2, 0.25) is 15.1 Å². The van der Waals surface area contributed by atoms with Crippen molar-refractivity contribution in [2.24, 2.45) is 0 Å². The third-order valence-electron chi connectivity index (χ3n) is 4.66. The lowest BCUT2D eigenvalue weighted by molar-refractivity contribution is -0.120. The number of amides is 1. The summed E-state index contributed by atoms with van der Waals surface area (Å²) in [5, 5.41) is 3.31. The first kappa shape index (κ1) is 23.0. The average Bonchev–Trinajstić information content (AvgIpc) is 2.61. The lowest BCUT2D eigenvalue weighted by Gasteiger charge is -2.38. The molecule has 2 aromatic carbocycles. The van der Waals surface area contributed by atoms with E-state index in [0.717, 1.165) is 16.1 Å². The van der Waals surface area contributed by atoms with Gasteiger partial charge in [-0.2, -0.15) is 0 Å². The summed E-state index contributed by atoms with van der Waals surface area (Å²) in [5.74, 6) is 0.201. The van der Waals surface area contributed by atoms with Crippen molar-refractivity contribution >= 4 is 56.4 Å². The van der Waals surface area contributed by atoms with E-state index in [4.69, 9.17) is 39.5 Å². The molecule has 3 rings (SSSR count). The number of halogens is 3. The van der Waals surface area contributed by atoms with Gasteiger partial charge in [-0.15, -0.1) is 0 Å². The second-order valence-corrected chi connectivity index (χ2v) is 10.8. The predicted molar refractivity (Wildman–Crippen MR) is 120 cm³/mol. The summed E-state index contributed by atoms with van der Waals surface area (Å²) in [4.78, 5) is 12.9. The molecule has 1 atom stereocenters. The first-order valence-electron chi connectivity index (χ1n) is 9.07. The molecule has 0 spiro atoms. The standard InChI is InChI=1S/C20H21Cl3N2O4S/c1-20(2)10-16(12-6-4-5-7-18(12)29-20)24-19(26)11-25(30(3,27)28)17-9-14(22)13(21)8-15(17)23/h4-9,16H,10-11H2,1-3H3,(H,24,26). The topological polar surface area (TPSA) is 75.7 Å². The molecule has 1 aliphatic rings. The highest BCUT2D eigenvalue weighted by Crippen LogP contribution is 2.39. The fourth-order valence-corrected chi connectivity index (χ4v) is 4.94. The Labute approximate surface area is 191 Å². The fraction of sp³-hybridized carbons (Fsp3) is 0.350. The smallest absolute Gasteiger partial charge is 0.241 e. The summed E-state index contributed by atoms with van der Waals surface area (Å²) in [6.07, 6.45) is 1.52. The number of nitrogens with zero attached hydrogens (tertiary/aromatic N) is 1. The molecule has 0 fully saturated rings. The van der Waals surface area contributed by atoms with E-state index in [1.54, 1.807) is 0 Å². The number of para-hydroxylation sites is 1. The number of sulfonamides is 1. The van der Waals surface area contributed by atoms with Crippen LogP contribution in [-0.2, 0) is 14.8 Å². The number of nitrogens with one attached hydrogen (secondary N) is 1. The largest absolute Gasteiger partial charge is 0.487 e. The van der Waals surface area contributed by atoms with Crippen molar-refractivity contribution < 1.29 is 17.9 Å². The van der Waals surface area contributed by atoms with Crippen LogP contribution in [0.4, 0.5) is 5.69 Å². The molecule has 2 aromatic rings. The van der Waals surface area contributed by atoms with Gasteiger partial charge >= 0.3 is 0 Å². The van der Waals surface area contributed by atoms with Gasteiger partial charge in [0.25, 0.3) is 0 Å². The van der Waals surface area contributed by atoms with E-state index in [2.05, 4.69) is 5.32 Å². The molecular weight excluding hydrogens is 471 g/mol. The summed E-state index contributed by atoms with van der Waals surface area (Å²) in [7, 11) is -3.83. The normalized spacial score (nSPS) is 17.6. The monoisotopic (exact) mass is 490 g/mol. The highest BCUT2D eigenvalue weighted by Gasteiger charge is 2.35. The number of carbonyl (C=O) groups excluding carboxylic acids is 1. The summed E-state index contributed by atoms with van der Waals surface area (Å²) >= 11 is 18.2. The zero-order valence-corrected chi connectivity index (χ0v) is 19.7. The van der Waals surface area contributed by atoms with Gasteiger partial charge < -0.3 is 10.1 Å². The molecule has 1 heterocycles. The maximum atomic E-state index is 12.9. The van der Waals surface area contributed by atoms with Crippen LogP contribution in [0, 0.1) is 0 Å². The molecule has 0 saturated carbocycles. The number of hydrogen-bond acceptors (Lipinski definition) is 4. The Bertz CT molecular complexity index is 1090. The number of benzene rings is 2. The highest BCUT2D eigenvalue weighted by molar-refractivity contribution is 7.92. The summed E-state index contributed by atoms with van der Waals surface area (Å²) in [5.41, 5.74) is 0.426. The van der Waals surface area contributed by atoms with Crippen molar-refractivity contribution in [3.63, 3.8) is 0 Å². The molecule has 1 unspecified atom stereocenters. The Hall–Kier alpha value is -1.67. The van der Waals surface area contributed by atoms with Crippen LogP contribution in [0.15, 0.2) is 36.4 Å². The molecule has 1 amide bonds. The second kappa shape index (κ2) is 8.46. The van der Waals surface area contributed by atoms with Crippen molar-refractivity contribution in [1.82, 2.24) is 5.32 Å². The number of rotatable bonds is 5. The van der Waals surface area contributed by atoms with Crippen LogP contribution in [0.1, 0.15) is 31.9 Å². The Kier molecular flexibility index (Phi) is 6.49. The molecule has 30 heavy (non-hydrogen) atoms. The molecule has 0 saturated heterocycles. The van der Waals surface area contributed by atoms with Gasteiger partial charge in [-0.1, -0.05) is 53.0 Å². The van der Waals surface area contributed by atoms with Crippen LogP contribution < -0.4 is 14.4 Å². The van der Waals surface area contributed by atoms with Gasteiger partial charge in [0.15, 0.2) is 0 Å². The highest BCUT2D eigenvalue weighted by atomic mass is 35.5. The van der Waals surface area contributed by atoms with Gasteiger partial charge in [-0.05, 0) is 32.0 Å². The Morgan fingerprint density at radius 1 is 1.17 bits per heavy atom. The number of hydrogen-bond donors (Lipinski definition) is 1. The van der Waals surface area contributed by atoms with Crippen LogP contribution in [0.3, 0.4) is 0 Å². The van der Waals surface area contributed by atoms with Gasteiger partial charge in [0.1, 0.15) is 17.9 Å². The minimum atomic E-state index is -3.83. The molecule has 1 N–H and O–H groups in total. The third kappa shape index (κ3) is 5.14. The van der Waals surface area contributed by atoms with Crippen molar-refractivity contribution in [2.75, 3.05) is 17.1 Å². The lowest BCUT2D eigenvalue weighted by Crippen LogP contribution is -2.45. The van der Waals surface area contributed by atoms with E-state index in [9.17, 15) is 13.2 Å². The molecule has 10 heteroatoms. The van der Waals surface area contributed by atoms with Crippen molar-refractivity contribution in [3.05, 3.63) is 57.0 Å². The van der Waals surface area contributed by atoms with E-state index >= 15 is 0 Å². The Balaban J connectivity index is 1.87. The van der Waals surface area contributed by atoms with Crippen LogP contribution in [0.5, 0.6) is 5.75 Å². The predicted octanol–water partition coefficient (Wildman–Crippen LogP) is 4.83. The second-order valence-electron chi connectivity index (χ2n) is 7.71. The van der Waals surface area contributed by atoms with Gasteiger partial charge in [-0.25, -0.2) is 8.42 Å². The third-order valence-corrected chi connectivity index (χ3v) is 6.81. The molecular formula is C20H21Cl3N2O4S. The van der Waals surface area contributed by atoms with E-state index < -0.39 is 28.1 Å². The first-order valence-corrected chi connectivity index (χ1v) is 12.1. The lowest BCUT2D eigenvalue weighted by atomic mass is 9.89. The number of fused-ring (bicyclic) bond motifs is 1. The molecule has 0 aliphatic carbocycles. The van der Waals surface area contributed by atoms with Crippen molar-refractivity contribution in [3.8, 4) is 5.75 Å². The Morgan fingerprint density at radius 2 is 1.80 bits per heavy atom. The first-order chi connectivity index (χ1) is 13.9. The fourth-order valence-electron chi connectivity index (χ4n) is 3.39. The zero-order valence-electron chi connectivity index (χ0n) is 16.6. The van der Waals surface area contributed by atoms with Gasteiger partial charge in [0, 0.05) is 12.0 Å². The maximum Gasteiger partial charge on any atom is 0.241 e.